The van der Waals surface area contributed by atoms with Crippen LogP contribution in [-0.2, 0) is 11.3 Å². The Morgan fingerprint density at radius 2 is 2.41 bits per heavy atom. The van der Waals surface area contributed by atoms with Crippen LogP contribution < -0.4 is 5.32 Å². The van der Waals surface area contributed by atoms with Gasteiger partial charge in [0.15, 0.2) is 0 Å². The van der Waals surface area contributed by atoms with Crippen molar-refractivity contribution in [1.29, 1.82) is 0 Å². The number of piperidine rings is 1. The smallest absolute Gasteiger partial charge is 0.0731 e. The molecule has 2 rings (SSSR count). The van der Waals surface area contributed by atoms with Crippen molar-refractivity contribution in [3.63, 3.8) is 0 Å². The van der Waals surface area contributed by atoms with Crippen molar-refractivity contribution < 1.29 is 4.74 Å². The highest BCUT2D eigenvalue weighted by molar-refractivity contribution is 5.85. The van der Waals surface area contributed by atoms with Crippen LogP contribution in [0.1, 0.15) is 24.8 Å². The van der Waals surface area contributed by atoms with Gasteiger partial charge in [0, 0.05) is 19.0 Å². The molecular weight excluding hydrogens is 236 g/mol. The third-order valence-electron chi connectivity index (χ3n) is 3.06. The van der Waals surface area contributed by atoms with Gasteiger partial charge in [0.1, 0.15) is 0 Å². The van der Waals surface area contributed by atoms with Crippen molar-refractivity contribution in [2.45, 2.75) is 25.9 Å². The summed E-state index contributed by atoms with van der Waals surface area (Å²) in [5.41, 5.74) is 1.16. The van der Waals surface area contributed by atoms with Crippen molar-refractivity contribution in [1.82, 2.24) is 10.3 Å². The van der Waals surface area contributed by atoms with Crippen molar-refractivity contribution in [3.05, 3.63) is 30.1 Å². The number of rotatable bonds is 5. The Kier molecular flexibility index (Phi) is 7.17. The number of pyridine rings is 1. The minimum atomic E-state index is 0. The summed E-state index contributed by atoms with van der Waals surface area (Å²) in [6, 6.07) is 4.00. The highest BCUT2D eigenvalue weighted by Gasteiger charge is 2.11. The molecule has 0 amide bonds. The maximum atomic E-state index is 5.65. The summed E-state index contributed by atoms with van der Waals surface area (Å²) in [4.78, 5) is 4.06. The van der Waals surface area contributed by atoms with E-state index in [9.17, 15) is 0 Å². The highest BCUT2D eigenvalue weighted by Crippen LogP contribution is 2.14. The lowest BCUT2D eigenvalue weighted by molar-refractivity contribution is 0.103. The van der Waals surface area contributed by atoms with Gasteiger partial charge in [0.25, 0.3) is 0 Å². The topological polar surface area (TPSA) is 34.1 Å². The monoisotopic (exact) mass is 256 g/mol. The molecule has 1 saturated heterocycles. The van der Waals surface area contributed by atoms with E-state index in [2.05, 4.69) is 16.4 Å². The predicted molar refractivity (Wildman–Crippen MR) is 71.4 cm³/mol. The fourth-order valence-electron chi connectivity index (χ4n) is 2.09. The second-order valence-electron chi connectivity index (χ2n) is 4.41. The van der Waals surface area contributed by atoms with E-state index in [0.29, 0.717) is 6.61 Å². The van der Waals surface area contributed by atoms with Crippen molar-refractivity contribution in [2.24, 2.45) is 5.92 Å². The van der Waals surface area contributed by atoms with Crippen LogP contribution in [0.25, 0.3) is 0 Å². The molecule has 1 aliphatic heterocycles. The van der Waals surface area contributed by atoms with Gasteiger partial charge in [-0.25, -0.2) is 0 Å². The first-order chi connectivity index (χ1) is 7.95. The maximum Gasteiger partial charge on any atom is 0.0731 e. The van der Waals surface area contributed by atoms with Gasteiger partial charge >= 0.3 is 0 Å². The van der Waals surface area contributed by atoms with E-state index in [-0.39, 0.29) is 12.4 Å². The average Bonchev–Trinajstić information content (AvgIpc) is 2.37. The van der Waals surface area contributed by atoms with Crippen LogP contribution in [0.3, 0.4) is 0 Å². The molecule has 0 radical (unpaired) electrons. The Morgan fingerprint density at radius 3 is 3.12 bits per heavy atom. The molecule has 1 aliphatic rings. The Balaban J connectivity index is 0.00000144. The van der Waals surface area contributed by atoms with Gasteiger partial charge < -0.3 is 10.1 Å². The lowest BCUT2D eigenvalue weighted by Gasteiger charge is -2.22. The number of nitrogens with zero attached hydrogens (tertiary/aromatic N) is 1. The summed E-state index contributed by atoms with van der Waals surface area (Å²) in [5, 5.41) is 3.43. The van der Waals surface area contributed by atoms with Gasteiger partial charge in [-0.3, -0.25) is 4.98 Å². The van der Waals surface area contributed by atoms with Crippen LogP contribution in [0.2, 0.25) is 0 Å². The Labute approximate surface area is 109 Å². The molecule has 1 aromatic heterocycles. The van der Waals surface area contributed by atoms with Crippen LogP contribution in [-0.4, -0.2) is 24.7 Å². The molecule has 3 nitrogen and oxygen atoms in total. The standard InChI is InChI=1S/C13H20N2O.ClH/c1-3-12(9-14-6-1)5-8-16-11-13-4-2-7-15-10-13;/h2,4,7,10,12,14H,1,3,5-6,8-9,11H2;1H. The fraction of sp³-hybridized carbons (Fsp3) is 0.615. The van der Waals surface area contributed by atoms with Gasteiger partial charge in [-0.2, -0.15) is 0 Å². The highest BCUT2D eigenvalue weighted by atomic mass is 35.5. The maximum absolute atomic E-state index is 5.65. The van der Waals surface area contributed by atoms with E-state index in [4.69, 9.17) is 4.74 Å². The first kappa shape index (κ1) is 14.4. The second kappa shape index (κ2) is 8.45. The van der Waals surface area contributed by atoms with Crippen LogP contribution in [0.15, 0.2) is 24.5 Å². The molecule has 2 heterocycles. The van der Waals surface area contributed by atoms with E-state index in [1.807, 2.05) is 12.3 Å². The first-order valence-corrected chi connectivity index (χ1v) is 6.12. The Bertz CT molecular complexity index is 289. The van der Waals surface area contributed by atoms with Gasteiger partial charge in [-0.1, -0.05) is 6.07 Å². The third-order valence-corrected chi connectivity index (χ3v) is 3.06. The van der Waals surface area contributed by atoms with Crippen LogP contribution in [0, 0.1) is 5.92 Å². The zero-order valence-corrected chi connectivity index (χ0v) is 10.9. The summed E-state index contributed by atoms with van der Waals surface area (Å²) in [7, 11) is 0. The van der Waals surface area contributed by atoms with Crippen LogP contribution >= 0.6 is 12.4 Å². The van der Waals surface area contributed by atoms with Crippen LogP contribution in [0.4, 0.5) is 0 Å². The summed E-state index contributed by atoms with van der Waals surface area (Å²) in [5.74, 6) is 0.808. The van der Waals surface area contributed by atoms with E-state index in [1.54, 1.807) is 6.20 Å². The SMILES string of the molecule is Cl.c1cncc(COCCC2CCCNC2)c1. The Hall–Kier alpha value is -0.640. The molecule has 0 aromatic carbocycles. The quantitative estimate of drug-likeness (QED) is 0.822. The summed E-state index contributed by atoms with van der Waals surface area (Å²) < 4.78 is 5.65. The minimum Gasteiger partial charge on any atom is -0.377 e. The van der Waals surface area contributed by atoms with Gasteiger partial charge in [0.2, 0.25) is 0 Å². The minimum absolute atomic E-state index is 0. The van der Waals surface area contributed by atoms with E-state index < -0.39 is 0 Å². The molecule has 17 heavy (non-hydrogen) atoms. The van der Waals surface area contributed by atoms with E-state index >= 15 is 0 Å². The van der Waals surface area contributed by atoms with Gasteiger partial charge in [-0.05, 0) is 49.9 Å². The number of aromatic nitrogens is 1. The molecule has 0 aliphatic carbocycles. The molecule has 1 N–H and O–H groups in total. The lowest BCUT2D eigenvalue weighted by Crippen LogP contribution is -2.30. The molecule has 1 aromatic rings. The number of hydrogen-bond acceptors (Lipinski definition) is 3. The van der Waals surface area contributed by atoms with E-state index in [1.165, 1.54) is 25.8 Å². The molecule has 1 fully saturated rings. The average molecular weight is 257 g/mol. The third kappa shape index (κ3) is 5.48. The van der Waals surface area contributed by atoms with E-state index in [0.717, 1.165) is 24.6 Å². The molecule has 4 heteroatoms. The molecular formula is C13H21ClN2O. The van der Waals surface area contributed by atoms with Crippen molar-refractivity contribution >= 4 is 12.4 Å². The van der Waals surface area contributed by atoms with Gasteiger partial charge in [-0.15, -0.1) is 12.4 Å². The second-order valence-corrected chi connectivity index (χ2v) is 4.41. The predicted octanol–water partition coefficient (Wildman–Crippen LogP) is 2.41. The van der Waals surface area contributed by atoms with Crippen molar-refractivity contribution in [2.75, 3.05) is 19.7 Å². The molecule has 1 atom stereocenters. The summed E-state index contributed by atoms with van der Waals surface area (Å²) >= 11 is 0. The summed E-state index contributed by atoms with van der Waals surface area (Å²) in [6.07, 6.45) is 7.49. The zero-order chi connectivity index (χ0) is 11.1. The fourth-order valence-corrected chi connectivity index (χ4v) is 2.09. The number of ether oxygens (including phenoxy) is 1. The normalized spacial score (nSPS) is 19.6. The van der Waals surface area contributed by atoms with Crippen molar-refractivity contribution in [3.8, 4) is 0 Å². The zero-order valence-electron chi connectivity index (χ0n) is 10.1. The molecule has 96 valence electrons. The first-order valence-electron chi connectivity index (χ1n) is 6.12. The molecule has 1 unspecified atom stereocenters. The lowest BCUT2D eigenvalue weighted by atomic mass is 9.97. The number of nitrogens with one attached hydrogen (secondary N) is 1. The van der Waals surface area contributed by atoms with Crippen LogP contribution in [0.5, 0.6) is 0 Å². The number of hydrogen-bond donors (Lipinski definition) is 1. The largest absolute Gasteiger partial charge is 0.377 e. The molecule has 0 bridgehead atoms. The Morgan fingerprint density at radius 1 is 1.47 bits per heavy atom. The number of halogens is 1. The van der Waals surface area contributed by atoms with Gasteiger partial charge in [0.05, 0.1) is 6.61 Å². The molecule has 0 saturated carbocycles. The molecule has 0 spiro atoms. The summed E-state index contributed by atoms with van der Waals surface area (Å²) in [6.45, 7) is 3.90.